The van der Waals surface area contributed by atoms with Gasteiger partial charge in [0.15, 0.2) is 0 Å². The molecule has 166 valence electrons. The van der Waals surface area contributed by atoms with Gasteiger partial charge in [-0.3, -0.25) is 9.78 Å². The van der Waals surface area contributed by atoms with Crippen molar-refractivity contribution >= 4 is 5.91 Å². The minimum absolute atomic E-state index is 0.0573. The van der Waals surface area contributed by atoms with Gasteiger partial charge in [0, 0.05) is 12.4 Å². The second-order valence-corrected chi connectivity index (χ2v) is 7.58. The number of amides is 1. The Kier molecular flexibility index (Phi) is 5.67. The maximum Gasteiger partial charge on any atom is 0.262 e. The Labute approximate surface area is 190 Å². The molecule has 4 aromatic rings. The van der Waals surface area contributed by atoms with E-state index in [1.54, 1.807) is 30.6 Å². The van der Waals surface area contributed by atoms with Gasteiger partial charge in [0.2, 0.25) is 11.7 Å². The molecule has 0 spiro atoms. The van der Waals surface area contributed by atoms with E-state index in [9.17, 15) is 4.79 Å². The lowest BCUT2D eigenvalue weighted by Crippen LogP contribution is -2.56. The normalized spacial score (nSPS) is 13.4. The van der Waals surface area contributed by atoms with E-state index in [-0.39, 0.29) is 12.0 Å². The summed E-state index contributed by atoms with van der Waals surface area (Å²) in [5.41, 5.74) is 2.13. The summed E-state index contributed by atoms with van der Waals surface area (Å²) in [7, 11) is 1.61. The van der Waals surface area contributed by atoms with Crippen LogP contribution in [0.4, 0.5) is 0 Å². The molecule has 0 atom stereocenters. The van der Waals surface area contributed by atoms with E-state index >= 15 is 0 Å². The van der Waals surface area contributed by atoms with Crippen molar-refractivity contribution in [1.29, 1.82) is 0 Å². The molecule has 0 radical (unpaired) electrons. The van der Waals surface area contributed by atoms with Crippen molar-refractivity contribution in [2.24, 2.45) is 0 Å². The molecule has 2 aromatic carbocycles. The SMILES string of the molecule is COc1cccc(CC(=O)N2CC(Oc3ccccc3-c3nc(-c4cnccn4)no3)C2)c1. The molecule has 2 aromatic heterocycles. The zero-order chi connectivity index (χ0) is 22.6. The molecular formula is C24H21N5O4. The van der Waals surface area contributed by atoms with E-state index in [2.05, 4.69) is 20.1 Å². The molecule has 3 heterocycles. The Balaban J connectivity index is 1.22. The Morgan fingerprint density at radius 2 is 2.03 bits per heavy atom. The van der Waals surface area contributed by atoms with Gasteiger partial charge in [0.25, 0.3) is 5.89 Å². The van der Waals surface area contributed by atoms with Crippen LogP contribution in [0.5, 0.6) is 11.5 Å². The number of ether oxygens (including phenoxy) is 2. The monoisotopic (exact) mass is 443 g/mol. The molecule has 0 unspecified atom stereocenters. The first-order chi connectivity index (χ1) is 16.2. The molecule has 1 aliphatic heterocycles. The van der Waals surface area contributed by atoms with Gasteiger partial charge in [-0.25, -0.2) is 4.98 Å². The second-order valence-electron chi connectivity index (χ2n) is 7.58. The van der Waals surface area contributed by atoms with Gasteiger partial charge in [-0.15, -0.1) is 0 Å². The van der Waals surface area contributed by atoms with Gasteiger partial charge < -0.3 is 18.9 Å². The number of aromatic nitrogens is 4. The van der Waals surface area contributed by atoms with Gasteiger partial charge in [0.1, 0.15) is 23.3 Å². The molecule has 1 saturated heterocycles. The van der Waals surface area contributed by atoms with Crippen LogP contribution in [0, 0.1) is 0 Å². The van der Waals surface area contributed by atoms with Crippen molar-refractivity contribution in [2.75, 3.05) is 20.2 Å². The van der Waals surface area contributed by atoms with Crippen molar-refractivity contribution < 1.29 is 18.8 Å². The molecule has 0 N–H and O–H groups in total. The van der Waals surface area contributed by atoms with Crippen LogP contribution < -0.4 is 9.47 Å². The summed E-state index contributed by atoms with van der Waals surface area (Å²) in [5, 5.41) is 4.00. The molecule has 0 aliphatic carbocycles. The first kappa shape index (κ1) is 20.6. The Morgan fingerprint density at radius 1 is 1.15 bits per heavy atom. The fourth-order valence-electron chi connectivity index (χ4n) is 3.56. The predicted molar refractivity (Wildman–Crippen MR) is 118 cm³/mol. The zero-order valence-corrected chi connectivity index (χ0v) is 17.9. The number of carbonyl (C=O) groups excluding carboxylic acids is 1. The smallest absolute Gasteiger partial charge is 0.262 e. The third kappa shape index (κ3) is 4.52. The minimum atomic E-state index is -0.109. The predicted octanol–water partition coefficient (Wildman–Crippen LogP) is 3.03. The number of methoxy groups -OCH3 is 1. The topological polar surface area (TPSA) is 103 Å². The number of para-hydroxylation sites is 1. The van der Waals surface area contributed by atoms with Crippen molar-refractivity contribution in [3.63, 3.8) is 0 Å². The van der Waals surface area contributed by atoms with E-state index < -0.39 is 0 Å². The maximum absolute atomic E-state index is 12.6. The third-order valence-corrected chi connectivity index (χ3v) is 5.32. The van der Waals surface area contributed by atoms with E-state index in [1.165, 1.54) is 0 Å². The number of nitrogens with zero attached hydrogens (tertiary/aromatic N) is 5. The van der Waals surface area contributed by atoms with Gasteiger partial charge in [0.05, 0.1) is 38.4 Å². The molecule has 9 nitrogen and oxygen atoms in total. The quantitative estimate of drug-likeness (QED) is 0.429. The Morgan fingerprint density at radius 3 is 2.85 bits per heavy atom. The highest BCUT2D eigenvalue weighted by Gasteiger charge is 2.33. The van der Waals surface area contributed by atoms with Gasteiger partial charge in [-0.05, 0) is 29.8 Å². The average molecular weight is 443 g/mol. The zero-order valence-electron chi connectivity index (χ0n) is 17.9. The highest BCUT2D eigenvalue weighted by Crippen LogP contribution is 2.31. The number of benzene rings is 2. The molecule has 33 heavy (non-hydrogen) atoms. The number of hydrogen-bond acceptors (Lipinski definition) is 8. The number of rotatable bonds is 7. The minimum Gasteiger partial charge on any atom is -0.497 e. The lowest BCUT2D eigenvalue weighted by atomic mass is 10.1. The summed E-state index contributed by atoms with van der Waals surface area (Å²) in [6.45, 7) is 1.04. The van der Waals surface area contributed by atoms with E-state index in [0.717, 1.165) is 11.3 Å². The molecule has 1 amide bonds. The summed E-state index contributed by atoms with van der Waals surface area (Å²) >= 11 is 0. The summed E-state index contributed by atoms with van der Waals surface area (Å²) in [5.74, 6) is 2.10. The van der Waals surface area contributed by atoms with Crippen molar-refractivity contribution in [3.8, 4) is 34.5 Å². The summed E-state index contributed by atoms with van der Waals surface area (Å²) in [6.07, 6.45) is 4.94. The highest BCUT2D eigenvalue weighted by atomic mass is 16.5. The van der Waals surface area contributed by atoms with E-state index in [1.807, 2.05) is 48.5 Å². The highest BCUT2D eigenvalue weighted by molar-refractivity contribution is 5.79. The van der Waals surface area contributed by atoms with Gasteiger partial charge in [-0.1, -0.05) is 29.4 Å². The lowest BCUT2D eigenvalue weighted by molar-refractivity contribution is -0.139. The lowest BCUT2D eigenvalue weighted by Gasteiger charge is -2.39. The molecular weight excluding hydrogens is 422 g/mol. The molecule has 5 rings (SSSR count). The molecule has 0 saturated carbocycles. The maximum atomic E-state index is 12.6. The van der Waals surface area contributed by atoms with Crippen LogP contribution in [0.3, 0.4) is 0 Å². The summed E-state index contributed by atoms with van der Waals surface area (Å²) in [4.78, 5) is 27.0. The first-order valence-electron chi connectivity index (χ1n) is 10.5. The van der Waals surface area contributed by atoms with Crippen LogP contribution in [0.15, 0.2) is 71.6 Å². The van der Waals surface area contributed by atoms with Gasteiger partial charge in [-0.2, -0.15) is 4.98 Å². The molecule has 1 aliphatic rings. The van der Waals surface area contributed by atoms with Crippen molar-refractivity contribution in [2.45, 2.75) is 12.5 Å². The van der Waals surface area contributed by atoms with E-state index in [4.69, 9.17) is 14.0 Å². The Hall–Kier alpha value is -4.27. The van der Waals surface area contributed by atoms with Crippen LogP contribution in [0.1, 0.15) is 5.56 Å². The van der Waals surface area contributed by atoms with Crippen LogP contribution in [-0.4, -0.2) is 57.2 Å². The third-order valence-electron chi connectivity index (χ3n) is 5.32. The van der Waals surface area contributed by atoms with Crippen LogP contribution in [0.25, 0.3) is 23.0 Å². The Bertz CT molecular complexity index is 1250. The van der Waals surface area contributed by atoms with Crippen LogP contribution in [-0.2, 0) is 11.2 Å². The molecule has 1 fully saturated rings. The summed E-state index contributed by atoms with van der Waals surface area (Å²) < 4.78 is 16.8. The number of likely N-dealkylation sites (tertiary alicyclic amines) is 1. The fraction of sp³-hybridized carbons (Fsp3) is 0.208. The first-order valence-corrected chi connectivity index (χ1v) is 10.5. The van der Waals surface area contributed by atoms with Gasteiger partial charge >= 0.3 is 0 Å². The molecule has 0 bridgehead atoms. The number of hydrogen-bond donors (Lipinski definition) is 0. The van der Waals surface area contributed by atoms with E-state index in [0.29, 0.717) is 48.2 Å². The molecule has 9 heteroatoms. The van der Waals surface area contributed by atoms with Crippen molar-refractivity contribution in [3.05, 3.63) is 72.7 Å². The standard InChI is InChI=1S/C24H21N5O4/c1-31-17-6-4-5-16(11-17)12-22(30)29-14-18(15-29)32-21-8-3-2-7-19(21)24-27-23(28-33-24)20-13-25-9-10-26-20/h2-11,13,18H,12,14-15H2,1H3. The van der Waals surface area contributed by atoms with Crippen LogP contribution >= 0.6 is 0 Å². The fourth-order valence-corrected chi connectivity index (χ4v) is 3.56. The van der Waals surface area contributed by atoms with Crippen LogP contribution in [0.2, 0.25) is 0 Å². The van der Waals surface area contributed by atoms with Crippen molar-refractivity contribution in [1.82, 2.24) is 25.0 Å². The average Bonchev–Trinajstić information content (AvgIpc) is 3.32. The number of carbonyl (C=O) groups is 1. The largest absolute Gasteiger partial charge is 0.497 e. The second kappa shape index (κ2) is 9.07. The summed E-state index contributed by atoms with van der Waals surface area (Å²) in [6, 6.07) is 15.0.